The standard InChI is InChI=1S/C24H44BrNO11/c1-2-3-4-5-6-7-8-9-10-13(25)22(33)24(34)21(26)19(32)20(15(12-28)37-24)36-23-18(31)17(30)16(29)14(11-27)35-23/h13-21,23,27-32,34H,2-12,26H2,1H3/t13?,14-,15-,16+,17+,18-,19+,20-,21-,23+,24?/m1/s1. The molecule has 2 fully saturated rings. The summed E-state index contributed by atoms with van der Waals surface area (Å²) in [6, 6.07) is -1.68. The number of aliphatic hydroxyl groups is 7. The van der Waals surface area contributed by atoms with E-state index in [9.17, 15) is 40.5 Å². The smallest absolute Gasteiger partial charge is 0.246 e. The van der Waals surface area contributed by atoms with Gasteiger partial charge in [0.25, 0.3) is 0 Å². The number of halogens is 1. The van der Waals surface area contributed by atoms with Crippen LogP contribution >= 0.6 is 15.9 Å². The molecular formula is C24H44BrNO11. The van der Waals surface area contributed by atoms with E-state index in [1.807, 2.05) is 0 Å². The van der Waals surface area contributed by atoms with Gasteiger partial charge < -0.3 is 55.7 Å². The maximum atomic E-state index is 13.1. The second kappa shape index (κ2) is 15.5. The molecule has 13 heteroatoms. The van der Waals surface area contributed by atoms with Crippen molar-refractivity contribution < 1.29 is 54.8 Å². The van der Waals surface area contributed by atoms with Crippen LogP contribution < -0.4 is 5.73 Å². The molecule has 0 bridgehead atoms. The summed E-state index contributed by atoms with van der Waals surface area (Å²) in [4.78, 5) is 12.3. The minimum atomic E-state index is -2.63. The van der Waals surface area contributed by atoms with Crippen LogP contribution in [0.4, 0.5) is 0 Å². The van der Waals surface area contributed by atoms with Crippen molar-refractivity contribution in [3.8, 4) is 0 Å². The predicted molar refractivity (Wildman–Crippen MR) is 134 cm³/mol. The highest BCUT2D eigenvalue weighted by Crippen LogP contribution is 2.34. The Labute approximate surface area is 225 Å². The highest BCUT2D eigenvalue weighted by molar-refractivity contribution is 9.10. The summed E-state index contributed by atoms with van der Waals surface area (Å²) in [6.45, 7) is 0.668. The summed E-state index contributed by atoms with van der Waals surface area (Å²) in [5, 5.41) is 71.3. The number of ether oxygens (including phenoxy) is 3. The molecule has 0 aromatic heterocycles. The van der Waals surface area contributed by atoms with Crippen molar-refractivity contribution >= 4 is 21.7 Å². The van der Waals surface area contributed by atoms with E-state index >= 15 is 0 Å². The molecule has 0 radical (unpaired) electrons. The molecule has 9 N–H and O–H groups in total. The van der Waals surface area contributed by atoms with Crippen LogP contribution in [0.25, 0.3) is 0 Å². The van der Waals surface area contributed by atoms with Gasteiger partial charge in [0.2, 0.25) is 11.6 Å². The number of carbonyl (C=O) groups is 1. The van der Waals surface area contributed by atoms with Crippen LogP contribution in [0.2, 0.25) is 0 Å². The molecule has 0 spiro atoms. The molecule has 37 heavy (non-hydrogen) atoms. The molecule has 0 saturated carbocycles. The zero-order valence-corrected chi connectivity index (χ0v) is 22.9. The van der Waals surface area contributed by atoms with Crippen LogP contribution in [0.1, 0.15) is 64.7 Å². The topological polar surface area (TPSA) is 212 Å². The van der Waals surface area contributed by atoms with E-state index < -0.39 is 84.7 Å². The molecule has 2 saturated heterocycles. The van der Waals surface area contributed by atoms with Gasteiger partial charge in [-0.2, -0.15) is 0 Å². The fourth-order valence-corrected chi connectivity index (χ4v) is 5.36. The molecular weight excluding hydrogens is 558 g/mol. The lowest BCUT2D eigenvalue weighted by atomic mass is 9.86. The summed E-state index contributed by atoms with van der Waals surface area (Å²) in [7, 11) is 0. The zero-order chi connectivity index (χ0) is 27.8. The van der Waals surface area contributed by atoms with Crippen molar-refractivity contribution in [1.82, 2.24) is 0 Å². The van der Waals surface area contributed by atoms with Gasteiger partial charge >= 0.3 is 0 Å². The summed E-state index contributed by atoms with van der Waals surface area (Å²) in [6.07, 6.45) is -3.71. The number of nitrogens with two attached hydrogens (primary N) is 1. The van der Waals surface area contributed by atoms with E-state index in [-0.39, 0.29) is 0 Å². The van der Waals surface area contributed by atoms with Crippen molar-refractivity contribution in [3.05, 3.63) is 0 Å². The zero-order valence-electron chi connectivity index (χ0n) is 21.3. The molecule has 2 unspecified atom stereocenters. The van der Waals surface area contributed by atoms with Gasteiger partial charge in [0.15, 0.2) is 6.29 Å². The molecule has 2 rings (SSSR count). The molecule has 218 valence electrons. The average Bonchev–Trinajstić information content (AvgIpc) is 2.89. The third-order valence-electron chi connectivity index (χ3n) is 7.12. The van der Waals surface area contributed by atoms with Crippen LogP contribution in [0.15, 0.2) is 0 Å². The SMILES string of the molecule is CCCCCCCCCCC(Br)C(=O)C1(O)O[C@H](CO)[C@@H](O[C@@H]2O[C@H](CO)[C@H](O)[C@H](O)[C@H]2O)[C@H](O)[C@H]1N. The number of carbonyl (C=O) groups excluding carboxylic acids is 1. The first-order valence-electron chi connectivity index (χ1n) is 13.1. The molecule has 2 aliphatic rings. The summed E-state index contributed by atoms with van der Waals surface area (Å²) in [5.74, 6) is -3.43. The fourth-order valence-electron chi connectivity index (χ4n) is 4.71. The number of rotatable bonds is 15. The van der Waals surface area contributed by atoms with Crippen LogP contribution in [-0.2, 0) is 19.0 Å². The minimum Gasteiger partial charge on any atom is -0.394 e. The fraction of sp³-hybridized carbons (Fsp3) is 0.958. The Morgan fingerprint density at radius 1 is 0.919 bits per heavy atom. The van der Waals surface area contributed by atoms with Crippen molar-refractivity contribution in [2.75, 3.05) is 13.2 Å². The van der Waals surface area contributed by atoms with E-state index in [1.54, 1.807) is 0 Å². The van der Waals surface area contributed by atoms with Crippen molar-refractivity contribution in [1.29, 1.82) is 0 Å². The van der Waals surface area contributed by atoms with Crippen molar-refractivity contribution in [3.63, 3.8) is 0 Å². The second-order valence-corrected chi connectivity index (χ2v) is 11.1. The second-order valence-electron chi connectivity index (χ2n) is 9.95. The lowest BCUT2D eigenvalue weighted by Crippen LogP contribution is -2.73. The Balaban J connectivity index is 1.98. The number of Topliss-reactive ketones (excluding diaryl/α,β-unsaturated/α-hetero) is 1. The highest BCUT2D eigenvalue weighted by atomic mass is 79.9. The summed E-state index contributed by atoms with van der Waals surface area (Å²) < 4.78 is 16.3. The van der Waals surface area contributed by atoms with E-state index in [0.29, 0.717) is 6.42 Å². The highest BCUT2D eigenvalue weighted by Gasteiger charge is 2.58. The number of alkyl halides is 1. The molecule has 0 aromatic rings. The van der Waals surface area contributed by atoms with Crippen LogP contribution in [0.3, 0.4) is 0 Å². The van der Waals surface area contributed by atoms with E-state index in [4.69, 9.17) is 19.9 Å². The van der Waals surface area contributed by atoms with Crippen LogP contribution in [-0.4, -0.2) is 120 Å². The lowest BCUT2D eigenvalue weighted by Gasteiger charge is -2.49. The van der Waals surface area contributed by atoms with Gasteiger partial charge in [0.1, 0.15) is 42.7 Å². The number of ketones is 1. The number of hydrogen-bond acceptors (Lipinski definition) is 12. The summed E-state index contributed by atoms with van der Waals surface area (Å²) in [5.41, 5.74) is 6.02. The molecule has 0 aromatic carbocycles. The van der Waals surface area contributed by atoms with Gasteiger partial charge in [-0.1, -0.05) is 74.2 Å². The quantitative estimate of drug-likeness (QED) is 0.0821. The summed E-state index contributed by atoms with van der Waals surface area (Å²) >= 11 is 3.29. The average molecular weight is 603 g/mol. The van der Waals surface area contributed by atoms with Gasteiger partial charge in [-0.15, -0.1) is 0 Å². The first-order valence-corrected chi connectivity index (χ1v) is 14.0. The van der Waals surface area contributed by atoms with Gasteiger partial charge in [0, 0.05) is 0 Å². The molecule has 2 heterocycles. The van der Waals surface area contributed by atoms with Crippen molar-refractivity contribution in [2.24, 2.45) is 5.73 Å². The molecule has 0 aliphatic carbocycles. The lowest BCUT2D eigenvalue weighted by molar-refractivity contribution is -0.356. The first-order chi connectivity index (χ1) is 17.5. The molecule has 12 nitrogen and oxygen atoms in total. The van der Waals surface area contributed by atoms with E-state index in [0.717, 1.165) is 25.7 Å². The third-order valence-corrected chi connectivity index (χ3v) is 8.00. The van der Waals surface area contributed by atoms with Crippen LogP contribution in [0.5, 0.6) is 0 Å². The minimum absolute atomic E-state index is 0.414. The predicted octanol–water partition coefficient (Wildman–Crippen LogP) is -1.20. The van der Waals surface area contributed by atoms with Crippen molar-refractivity contribution in [2.45, 2.75) is 130 Å². The molecule has 2 aliphatic heterocycles. The molecule has 0 amide bonds. The van der Waals surface area contributed by atoms with E-state index in [2.05, 4.69) is 22.9 Å². The number of unbranched alkanes of at least 4 members (excludes halogenated alkanes) is 7. The maximum absolute atomic E-state index is 13.1. The van der Waals surface area contributed by atoms with Gasteiger partial charge in [-0.05, 0) is 6.42 Å². The monoisotopic (exact) mass is 601 g/mol. The first kappa shape index (κ1) is 32.9. The van der Waals surface area contributed by atoms with Gasteiger partial charge in [-0.25, -0.2) is 0 Å². The largest absolute Gasteiger partial charge is 0.394 e. The maximum Gasteiger partial charge on any atom is 0.246 e. The Hall–Kier alpha value is -0.290. The Kier molecular flexibility index (Phi) is 13.8. The Morgan fingerprint density at radius 2 is 1.49 bits per heavy atom. The molecule has 11 atom stereocenters. The van der Waals surface area contributed by atoms with Gasteiger partial charge in [0.05, 0.1) is 24.1 Å². The Morgan fingerprint density at radius 3 is 2.05 bits per heavy atom. The number of hydrogen-bond donors (Lipinski definition) is 8. The van der Waals surface area contributed by atoms with E-state index in [1.165, 1.54) is 25.7 Å². The Bertz CT molecular complexity index is 687. The third kappa shape index (κ3) is 8.12. The normalized spacial score (nSPS) is 39.5. The number of aliphatic hydroxyl groups excluding tert-OH is 6. The van der Waals surface area contributed by atoms with Crippen LogP contribution in [0, 0.1) is 0 Å². The van der Waals surface area contributed by atoms with Gasteiger partial charge in [-0.3, -0.25) is 4.79 Å².